The average Bonchev–Trinajstić information content (AvgIpc) is 3.52. The maximum Gasteiger partial charge on any atom is 0.191 e. The number of nitrogens with zero attached hydrogens (tertiary/aromatic N) is 2. The van der Waals surface area contributed by atoms with Crippen molar-refractivity contribution < 1.29 is 9.47 Å². The van der Waals surface area contributed by atoms with E-state index in [1.807, 2.05) is 20.0 Å². The Morgan fingerprint density at radius 3 is 2.70 bits per heavy atom. The third-order valence-corrected chi connectivity index (χ3v) is 5.07. The topological polar surface area (TPSA) is 58.1 Å². The second-order valence-electron chi connectivity index (χ2n) is 7.15. The van der Waals surface area contributed by atoms with E-state index < -0.39 is 0 Å². The van der Waals surface area contributed by atoms with Crippen molar-refractivity contribution in [2.75, 3.05) is 40.9 Å². The molecule has 0 saturated heterocycles. The summed E-state index contributed by atoms with van der Waals surface area (Å²) in [6.07, 6.45) is 4.68. The minimum atomic E-state index is 0.507. The molecule has 6 nitrogen and oxygen atoms in total. The fourth-order valence-electron chi connectivity index (χ4n) is 3.09. The highest BCUT2D eigenvalue weighted by Crippen LogP contribution is 2.28. The number of ether oxygens (including phenoxy) is 2. The van der Waals surface area contributed by atoms with Crippen LogP contribution in [0, 0.1) is 0 Å². The summed E-state index contributed by atoms with van der Waals surface area (Å²) in [7, 11) is 5.71. The Labute approximate surface area is 164 Å². The number of aryl methyl sites for hydroxylation is 1. The number of hydrogen-bond donors (Lipinski definition) is 2. The van der Waals surface area contributed by atoms with Crippen molar-refractivity contribution in [3.63, 3.8) is 0 Å². The number of hydrogen-bond acceptors (Lipinski definition) is 4. The molecule has 0 heterocycles. The molecular formula is C21H36N4O2. The van der Waals surface area contributed by atoms with Gasteiger partial charge in [-0.15, -0.1) is 0 Å². The van der Waals surface area contributed by atoms with Gasteiger partial charge in [0.05, 0.1) is 13.7 Å². The van der Waals surface area contributed by atoms with E-state index in [1.54, 1.807) is 7.11 Å². The molecular weight excluding hydrogens is 340 g/mol. The number of likely N-dealkylation sites (N-methyl/N-ethyl adjacent to an activating group) is 1. The monoisotopic (exact) mass is 376 g/mol. The summed E-state index contributed by atoms with van der Waals surface area (Å²) in [5, 5.41) is 6.84. The van der Waals surface area contributed by atoms with Crippen LogP contribution in [0.3, 0.4) is 0 Å². The van der Waals surface area contributed by atoms with Gasteiger partial charge in [-0.05, 0) is 64.3 Å². The van der Waals surface area contributed by atoms with Crippen molar-refractivity contribution in [3.05, 3.63) is 23.8 Å². The Morgan fingerprint density at radius 1 is 1.30 bits per heavy atom. The molecule has 2 rings (SSSR count). The summed E-state index contributed by atoms with van der Waals surface area (Å²) in [5.74, 6) is 2.47. The van der Waals surface area contributed by atoms with Crippen molar-refractivity contribution in [1.29, 1.82) is 0 Å². The zero-order valence-electron chi connectivity index (χ0n) is 17.5. The predicted octanol–water partition coefficient (Wildman–Crippen LogP) is 2.67. The minimum Gasteiger partial charge on any atom is -0.493 e. The fraction of sp³-hybridized carbons (Fsp3) is 0.667. The van der Waals surface area contributed by atoms with Gasteiger partial charge in [0.25, 0.3) is 0 Å². The van der Waals surface area contributed by atoms with E-state index in [1.165, 1.54) is 18.4 Å². The highest BCUT2D eigenvalue weighted by Gasteiger charge is 2.28. The highest BCUT2D eigenvalue weighted by molar-refractivity contribution is 5.79. The molecule has 1 aromatic rings. The van der Waals surface area contributed by atoms with E-state index in [9.17, 15) is 0 Å². The molecule has 1 aromatic carbocycles. The van der Waals surface area contributed by atoms with Gasteiger partial charge in [0.1, 0.15) is 0 Å². The zero-order valence-corrected chi connectivity index (χ0v) is 17.5. The minimum absolute atomic E-state index is 0.507. The van der Waals surface area contributed by atoms with Crippen LogP contribution in [0.1, 0.15) is 38.7 Å². The summed E-state index contributed by atoms with van der Waals surface area (Å²) >= 11 is 0. The smallest absolute Gasteiger partial charge is 0.191 e. The Morgan fingerprint density at radius 2 is 2.07 bits per heavy atom. The molecule has 0 radical (unpaired) electrons. The fourth-order valence-corrected chi connectivity index (χ4v) is 3.09. The number of rotatable bonds is 11. The molecule has 27 heavy (non-hydrogen) atoms. The quantitative estimate of drug-likeness (QED) is 0.353. The van der Waals surface area contributed by atoms with Gasteiger partial charge >= 0.3 is 0 Å². The number of guanidine groups is 1. The van der Waals surface area contributed by atoms with Crippen molar-refractivity contribution in [3.8, 4) is 11.5 Å². The number of benzene rings is 1. The molecule has 1 saturated carbocycles. The largest absolute Gasteiger partial charge is 0.493 e. The normalized spacial score (nSPS) is 15.6. The molecule has 1 aliphatic rings. The van der Waals surface area contributed by atoms with Crippen LogP contribution in [-0.4, -0.2) is 63.8 Å². The van der Waals surface area contributed by atoms with Gasteiger partial charge in [-0.25, -0.2) is 0 Å². The molecule has 152 valence electrons. The molecule has 0 bridgehead atoms. The van der Waals surface area contributed by atoms with Crippen LogP contribution in [-0.2, 0) is 6.42 Å². The molecule has 0 spiro atoms. The Kier molecular flexibility index (Phi) is 8.72. The Balaban J connectivity index is 1.70. The number of nitrogens with one attached hydrogen (secondary N) is 2. The van der Waals surface area contributed by atoms with Crippen LogP contribution >= 0.6 is 0 Å². The molecule has 1 fully saturated rings. The van der Waals surface area contributed by atoms with Gasteiger partial charge in [-0.3, -0.25) is 9.89 Å². The van der Waals surface area contributed by atoms with E-state index in [4.69, 9.17) is 9.47 Å². The SMILES string of the molecule is CCOc1cc(CCCNC(=NC)NCC(C)N(C)C2CC2)ccc1OC. The van der Waals surface area contributed by atoms with E-state index in [0.717, 1.165) is 49.4 Å². The van der Waals surface area contributed by atoms with Crippen LogP contribution in [0.2, 0.25) is 0 Å². The molecule has 0 aromatic heterocycles. The summed E-state index contributed by atoms with van der Waals surface area (Å²) in [6.45, 7) is 6.67. The average molecular weight is 377 g/mol. The lowest BCUT2D eigenvalue weighted by atomic mass is 10.1. The van der Waals surface area contributed by atoms with Crippen LogP contribution in [0.25, 0.3) is 0 Å². The molecule has 1 aliphatic carbocycles. The van der Waals surface area contributed by atoms with Gasteiger partial charge in [0, 0.05) is 32.2 Å². The summed E-state index contributed by atoms with van der Waals surface area (Å²) in [6, 6.07) is 7.44. The van der Waals surface area contributed by atoms with E-state index in [-0.39, 0.29) is 0 Å². The van der Waals surface area contributed by atoms with Gasteiger partial charge in [0.2, 0.25) is 0 Å². The maximum absolute atomic E-state index is 5.65. The first-order valence-electron chi connectivity index (χ1n) is 10.0. The van der Waals surface area contributed by atoms with Crippen LogP contribution in [0.15, 0.2) is 23.2 Å². The maximum atomic E-state index is 5.65. The second-order valence-corrected chi connectivity index (χ2v) is 7.15. The lowest BCUT2D eigenvalue weighted by Crippen LogP contribution is -2.45. The summed E-state index contributed by atoms with van der Waals surface area (Å²) in [4.78, 5) is 6.78. The molecule has 1 unspecified atom stereocenters. The van der Waals surface area contributed by atoms with Crippen molar-refractivity contribution in [1.82, 2.24) is 15.5 Å². The summed E-state index contributed by atoms with van der Waals surface area (Å²) < 4.78 is 11.0. The Bertz CT molecular complexity index is 602. The van der Waals surface area contributed by atoms with Crippen molar-refractivity contribution >= 4 is 5.96 Å². The van der Waals surface area contributed by atoms with Gasteiger partial charge in [-0.2, -0.15) is 0 Å². The van der Waals surface area contributed by atoms with E-state index in [0.29, 0.717) is 12.6 Å². The Hall–Kier alpha value is -1.95. The first kappa shape index (κ1) is 21.4. The first-order valence-corrected chi connectivity index (χ1v) is 10.0. The molecule has 1 atom stereocenters. The molecule has 0 amide bonds. The first-order chi connectivity index (χ1) is 13.1. The third-order valence-electron chi connectivity index (χ3n) is 5.07. The van der Waals surface area contributed by atoms with Gasteiger partial charge in [-0.1, -0.05) is 6.07 Å². The third kappa shape index (κ3) is 6.94. The molecule has 0 aliphatic heterocycles. The van der Waals surface area contributed by atoms with Gasteiger partial charge < -0.3 is 20.1 Å². The van der Waals surface area contributed by atoms with Crippen molar-refractivity contribution in [2.24, 2.45) is 4.99 Å². The zero-order chi connectivity index (χ0) is 19.6. The standard InChI is InChI=1S/C21H36N4O2/c1-6-27-20-14-17(9-12-19(20)26-5)8-7-13-23-21(22-3)24-15-16(2)25(4)18-10-11-18/h9,12,14,16,18H,6-8,10-11,13,15H2,1-5H3,(H2,22,23,24). The predicted molar refractivity (Wildman–Crippen MR) is 112 cm³/mol. The lowest BCUT2D eigenvalue weighted by Gasteiger charge is -2.25. The molecule has 2 N–H and O–H groups in total. The van der Waals surface area contributed by atoms with Crippen molar-refractivity contribution in [2.45, 2.75) is 51.6 Å². The lowest BCUT2D eigenvalue weighted by molar-refractivity contribution is 0.247. The van der Waals surface area contributed by atoms with Crippen LogP contribution in [0.5, 0.6) is 11.5 Å². The molecule has 6 heteroatoms. The highest BCUT2D eigenvalue weighted by atomic mass is 16.5. The van der Waals surface area contributed by atoms with Crippen LogP contribution in [0.4, 0.5) is 0 Å². The number of aliphatic imine (C=N–C) groups is 1. The van der Waals surface area contributed by atoms with Crippen LogP contribution < -0.4 is 20.1 Å². The van der Waals surface area contributed by atoms with E-state index >= 15 is 0 Å². The summed E-state index contributed by atoms with van der Waals surface area (Å²) in [5.41, 5.74) is 1.25. The van der Waals surface area contributed by atoms with Gasteiger partial charge in [0.15, 0.2) is 17.5 Å². The second kappa shape index (κ2) is 11.0. The number of methoxy groups -OCH3 is 1. The van der Waals surface area contributed by atoms with E-state index in [2.05, 4.69) is 46.6 Å².